The van der Waals surface area contributed by atoms with E-state index in [1.165, 1.54) is 0 Å². The molecule has 3 rings (SSSR count). The monoisotopic (exact) mass is 389 g/mol. The molecule has 0 bridgehead atoms. The van der Waals surface area contributed by atoms with Crippen LogP contribution in [-0.2, 0) is 28.6 Å². The molecule has 0 aliphatic carbocycles. The van der Waals surface area contributed by atoms with Gasteiger partial charge in [0, 0.05) is 11.5 Å². The van der Waals surface area contributed by atoms with E-state index >= 15 is 0 Å². The number of nitrogens with zero attached hydrogens (tertiary/aromatic N) is 1. The smallest absolute Gasteiger partial charge is 0.318 e. The van der Waals surface area contributed by atoms with E-state index in [1.54, 1.807) is 32.6 Å². The summed E-state index contributed by atoms with van der Waals surface area (Å²) in [6, 6.07) is 9.00. The van der Waals surface area contributed by atoms with E-state index in [2.05, 4.69) is 0 Å². The summed E-state index contributed by atoms with van der Waals surface area (Å²) in [5, 5.41) is 0. The van der Waals surface area contributed by atoms with Crippen molar-refractivity contribution in [3.63, 3.8) is 0 Å². The molecular formula is C21H27NO6. The van der Waals surface area contributed by atoms with Crippen molar-refractivity contribution in [1.82, 2.24) is 4.90 Å². The van der Waals surface area contributed by atoms with Gasteiger partial charge in [0.25, 0.3) is 0 Å². The minimum Gasteiger partial charge on any atom is -0.465 e. The van der Waals surface area contributed by atoms with Crippen LogP contribution in [0.3, 0.4) is 0 Å². The molecule has 7 heteroatoms. The summed E-state index contributed by atoms with van der Waals surface area (Å²) < 4.78 is 16.4. The van der Waals surface area contributed by atoms with Crippen molar-refractivity contribution in [2.75, 3.05) is 13.2 Å². The number of benzene rings is 1. The van der Waals surface area contributed by atoms with Crippen LogP contribution in [-0.4, -0.2) is 47.6 Å². The van der Waals surface area contributed by atoms with Crippen LogP contribution in [0.15, 0.2) is 30.3 Å². The van der Waals surface area contributed by atoms with Crippen molar-refractivity contribution in [3.05, 3.63) is 35.9 Å². The molecule has 2 aliphatic rings. The second kappa shape index (κ2) is 7.91. The van der Waals surface area contributed by atoms with Crippen LogP contribution in [0.5, 0.6) is 0 Å². The lowest BCUT2D eigenvalue weighted by Gasteiger charge is -2.24. The SMILES string of the molecule is CCOC(=O)[C@@H]1C(=O)N2[C@@H](c3ccccc3)OC[C@@H]2[C@H]1CC(=O)OC(C)(C)C. The van der Waals surface area contributed by atoms with E-state index in [0.29, 0.717) is 0 Å². The molecule has 0 radical (unpaired) electrons. The molecule has 0 N–H and O–H groups in total. The molecule has 0 unspecified atom stereocenters. The summed E-state index contributed by atoms with van der Waals surface area (Å²) in [5.74, 6) is -2.96. The third-order valence-electron chi connectivity index (χ3n) is 4.93. The zero-order valence-electron chi connectivity index (χ0n) is 16.7. The second-order valence-corrected chi connectivity index (χ2v) is 8.09. The standard InChI is InChI=1S/C21H27NO6/c1-5-26-20(25)17-14(11-16(23)28-21(2,3)4)15-12-27-19(22(15)18(17)24)13-9-7-6-8-10-13/h6-10,14-15,17,19H,5,11-12H2,1-4H3/t14-,15-,17+,19-/m1/s1. The first kappa shape index (κ1) is 20.3. The van der Waals surface area contributed by atoms with Crippen molar-refractivity contribution in [3.8, 4) is 0 Å². The molecule has 0 spiro atoms. The highest BCUT2D eigenvalue weighted by Crippen LogP contribution is 2.45. The molecule has 2 aliphatic heterocycles. The largest absolute Gasteiger partial charge is 0.465 e. The first-order valence-electron chi connectivity index (χ1n) is 9.60. The molecule has 1 amide bonds. The normalized spacial score (nSPS) is 26.9. The molecular weight excluding hydrogens is 362 g/mol. The van der Waals surface area contributed by atoms with Gasteiger partial charge in [0.2, 0.25) is 5.91 Å². The summed E-state index contributed by atoms with van der Waals surface area (Å²) >= 11 is 0. The van der Waals surface area contributed by atoms with Crippen molar-refractivity contribution in [2.45, 2.75) is 52.0 Å². The van der Waals surface area contributed by atoms with Gasteiger partial charge in [-0.15, -0.1) is 0 Å². The van der Waals surface area contributed by atoms with E-state index in [9.17, 15) is 14.4 Å². The lowest BCUT2D eigenvalue weighted by molar-refractivity contribution is -0.158. The molecule has 0 aromatic heterocycles. The van der Waals surface area contributed by atoms with E-state index < -0.39 is 35.6 Å². The third-order valence-corrected chi connectivity index (χ3v) is 4.93. The maximum absolute atomic E-state index is 13.2. The fraction of sp³-hybridized carbons (Fsp3) is 0.571. The summed E-state index contributed by atoms with van der Waals surface area (Å²) in [5.41, 5.74) is 0.191. The molecule has 1 aromatic carbocycles. The maximum atomic E-state index is 13.2. The fourth-order valence-electron chi connectivity index (χ4n) is 3.91. The molecule has 28 heavy (non-hydrogen) atoms. The summed E-state index contributed by atoms with van der Waals surface area (Å²) in [6.45, 7) is 7.47. The second-order valence-electron chi connectivity index (χ2n) is 8.09. The summed E-state index contributed by atoms with van der Waals surface area (Å²) in [6.07, 6.45) is -0.613. The van der Waals surface area contributed by atoms with E-state index in [1.807, 2.05) is 30.3 Å². The van der Waals surface area contributed by atoms with Gasteiger partial charge in [0.1, 0.15) is 11.5 Å². The highest BCUT2D eigenvalue weighted by Gasteiger charge is 2.58. The Morgan fingerprint density at radius 3 is 2.50 bits per heavy atom. The zero-order valence-corrected chi connectivity index (χ0v) is 16.7. The number of hydrogen-bond donors (Lipinski definition) is 0. The van der Waals surface area contributed by atoms with Gasteiger partial charge >= 0.3 is 11.9 Å². The van der Waals surface area contributed by atoms with E-state index in [0.717, 1.165) is 5.56 Å². The van der Waals surface area contributed by atoms with Crippen LogP contribution in [0.4, 0.5) is 0 Å². The minimum atomic E-state index is -1.02. The van der Waals surface area contributed by atoms with Gasteiger partial charge in [-0.05, 0) is 27.7 Å². The summed E-state index contributed by atoms with van der Waals surface area (Å²) in [7, 11) is 0. The highest BCUT2D eigenvalue weighted by atomic mass is 16.6. The Hall–Kier alpha value is -2.41. The first-order valence-corrected chi connectivity index (χ1v) is 9.60. The van der Waals surface area contributed by atoms with Crippen LogP contribution in [0.25, 0.3) is 0 Å². The van der Waals surface area contributed by atoms with Crippen molar-refractivity contribution in [2.24, 2.45) is 11.8 Å². The molecule has 0 saturated carbocycles. The average molecular weight is 389 g/mol. The van der Waals surface area contributed by atoms with Gasteiger partial charge in [-0.3, -0.25) is 14.4 Å². The van der Waals surface area contributed by atoms with Crippen molar-refractivity contribution < 1.29 is 28.6 Å². The number of ether oxygens (including phenoxy) is 3. The van der Waals surface area contributed by atoms with Crippen LogP contribution >= 0.6 is 0 Å². The van der Waals surface area contributed by atoms with E-state index in [4.69, 9.17) is 14.2 Å². The van der Waals surface area contributed by atoms with Crippen LogP contribution in [0.2, 0.25) is 0 Å². The fourth-order valence-corrected chi connectivity index (χ4v) is 3.91. The quantitative estimate of drug-likeness (QED) is 0.568. The molecule has 4 atom stereocenters. The number of rotatable bonds is 5. The Balaban J connectivity index is 1.87. The Morgan fingerprint density at radius 1 is 1.21 bits per heavy atom. The minimum absolute atomic E-state index is 0.0431. The lowest BCUT2D eigenvalue weighted by Crippen LogP contribution is -2.34. The number of hydrogen-bond acceptors (Lipinski definition) is 6. The Kier molecular flexibility index (Phi) is 5.74. The number of carbonyl (C=O) groups excluding carboxylic acids is 3. The zero-order chi connectivity index (χ0) is 20.5. The molecule has 152 valence electrons. The lowest BCUT2D eigenvalue weighted by atomic mass is 9.87. The molecule has 2 heterocycles. The van der Waals surface area contributed by atoms with Crippen LogP contribution < -0.4 is 0 Å². The Labute approximate surface area is 164 Å². The molecule has 2 fully saturated rings. The highest BCUT2D eigenvalue weighted by molar-refractivity contribution is 6.01. The van der Waals surface area contributed by atoms with Gasteiger partial charge in [-0.1, -0.05) is 30.3 Å². The molecule has 1 aromatic rings. The van der Waals surface area contributed by atoms with Gasteiger partial charge in [0.05, 0.1) is 25.7 Å². The predicted octanol–water partition coefficient (Wildman–Crippen LogP) is 2.45. The number of amides is 1. The van der Waals surface area contributed by atoms with Crippen molar-refractivity contribution in [1.29, 1.82) is 0 Å². The van der Waals surface area contributed by atoms with Gasteiger partial charge in [-0.25, -0.2) is 0 Å². The maximum Gasteiger partial charge on any atom is 0.318 e. The third kappa shape index (κ3) is 4.04. The van der Waals surface area contributed by atoms with Crippen LogP contribution in [0.1, 0.15) is 45.9 Å². The van der Waals surface area contributed by atoms with E-state index in [-0.39, 0.29) is 31.6 Å². The van der Waals surface area contributed by atoms with Gasteiger partial charge in [0.15, 0.2) is 6.23 Å². The summed E-state index contributed by atoms with van der Waals surface area (Å²) in [4.78, 5) is 39.7. The first-order chi connectivity index (χ1) is 13.2. The number of esters is 2. The molecule has 2 saturated heterocycles. The van der Waals surface area contributed by atoms with Crippen LogP contribution in [0, 0.1) is 11.8 Å². The number of fused-ring (bicyclic) bond motifs is 1. The Bertz CT molecular complexity index is 741. The Morgan fingerprint density at radius 2 is 1.89 bits per heavy atom. The predicted molar refractivity (Wildman–Crippen MR) is 99.8 cm³/mol. The number of carbonyl (C=O) groups is 3. The topological polar surface area (TPSA) is 82.1 Å². The van der Waals surface area contributed by atoms with Crippen molar-refractivity contribution >= 4 is 17.8 Å². The average Bonchev–Trinajstić information content (AvgIpc) is 3.15. The van der Waals surface area contributed by atoms with Gasteiger partial charge in [-0.2, -0.15) is 0 Å². The van der Waals surface area contributed by atoms with Gasteiger partial charge < -0.3 is 19.1 Å². The molecule has 7 nitrogen and oxygen atoms in total.